The van der Waals surface area contributed by atoms with Gasteiger partial charge in [-0.1, -0.05) is 72.8 Å². The van der Waals surface area contributed by atoms with Crippen LogP contribution in [0.2, 0.25) is 0 Å². The average Bonchev–Trinajstić information content (AvgIpc) is 3.80. The summed E-state index contributed by atoms with van der Waals surface area (Å²) in [6.07, 6.45) is 0. The summed E-state index contributed by atoms with van der Waals surface area (Å²) in [6, 6.07) is 28.6. The summed E-state index contributed by atoms with van der Waals surface area (Å²) >= 11 is 0. The molecule has 2 aliphatic heterocycles. The van der Waals surface area contributed by atoms with Gasteiger partial charge in [0, 0.05) is 38.4 Å². The fourth-order valence-electron chi connectivity index (χ4n) is 5.98. The molecule has 0 amide bonds. The zero-order chi connectivity index (χ0) is 30.2. The van der Waals surface area contributed by atoms with E-state index < -0.39 is 0 Å². The van der Waals surface area contributed by atoms with Crippen LogP contribution < -0.4 is 0 Å². The Bertz CT molecular complexity index is 2710. The molecule has 7 aromatic rings. The third kappa shape index (κ3) is 3.49. The maximum Gasteiger partial charge on any atom is 0.164 e. The highest BCUT2D eigenvalue weighted by atomic mass is 16.3. The molecule has 0 saturated carbocycles. The van der Waals surface area contributed by atoms with E-state index in [0.29, 0.717) is 45.6 Å². The highest BCUT2D eigenvalue weighted by Crippen LogP contribution is 2.39. The van der Waals surface area contributed by atoms with Gasteiger partial charge in [0.15, 0.2) is 23.3 Å². The predicted octanol–water partition coefficient (Wildman–Crippen LogP) is 6.32. The SMILES string of the molecule is N#Cc1cc2c3nc4nc(nc5[nH]c(nc6nc(nc([nH]3)c2c(O)c1C#N)-c1ccccc1-6)c1ccccc51)-c1ccccc1-4. The van der Waals surface area contributed by atoms with Crippen molar-refractivity contribution in [2.24, 2.45) is 0 Å². The minimum Gasteiger partial charge on any atom is -0.506 e. The molecule has 5 heterocycles. The van der Waals surface area contributed by atoms with Crippen LogP contribution in [0.3, 0.4) is 0 Å². The van der Waals surface area contributed by atoms with Gasteiger partial charge in [0.2, 0.25) is 0 Å². The van der Waals surface area contributed by atoms with Gasteiger partial charge in [-0.15, -0.1) is 0 Å². The molecule has 0 saturated heterocycles. The van der Waals surface area contributed by atoms with Gasteiger partial charge < -0.3 is 15.1 Å². The van der Waals surface area contributed by atoms with E-state index in [4.69, 9.17) is 29.9 Å². The number of hydrogen-bond acceptors (Lipinski definition) is 9. The van der Waals surface area contributed by atoms with E-state index in [1.165, 1.54) is 6.07 Å². The van der Waals surface area contributed by atoms with Crippen LogP contribution in [0, 0.1) is 22.7 Å². The molecule has 8 bridgehead atoms. The number of nitriles is 2. The topological polar surface area (TPSA) is 177 Å². The molecule has 9 rings (SSSR count). The predicted molar refractivity (Wildman–Crippen MR) is 167 cm³/mol. The Kier molecular flexibility index (Phi) is 4.93. The molecule has 208 valence electrons. The molecule has 3 aromatic heterocycles. The van der Waals surface area contributed by atoms with Gasteiger partial charge in [0.1, 0.15) is 46.0 Å². The molecule has 3 N–H and O–H groups in total. The highest BCUT2D eigenvalue weighted by molar-refractivity contribution is 6.10. The van der Waals surface area contributed by atoms with Crippen molar-refractivity contribution in [1.29, 1.82) is 10.5 Å². The molecule has 45 heavy (non-hydrogen) atoms. The zero-order valence-corrected chi connectivity index (χ0v) is 23.0. The fraction of sp³-hybridized carbons (Fsp3) is 0. The number of hydrogen-bond donors (Lipinski definition) is 3. The Labute approximate surface area is 252 Å². The number of phenolic OH excluding ortho intramolecular Hbond substituents is 1. The molecule has 11 heteroatoms. The largest absolute Gasteiger partial charge is 0.506 e. The monoisotopic (exact) mass is 580 g/mol. The number of H-pyrrole nitrogens is 2. The van der Waals surface area contributed by atoms with E-state index in [0.717, 1.165) is 33.0 Å². The van der Waals surface area contributed by atoms with E-state index in [2.05, 4.69) is 9.97 Å². The fourth-order valence-corrected chi connectivity index (χ4v) is 5.98. The number of nitrogens with zero attached hydrogens (tertiary/aromatic N) is 8. The molecular weight excluding hydrogens is 564 g/mol. The van der Waals surface area contributed by atoms with Crippen molar-refractivity contribution in [3.8, 4) is 63.4 Å². The van der Waals surface area contributed by atoms with Gasteiger partial charge in [0.05, 0.1) is 10.9 Å². The second-order valence-electron chi connectivity index (χ2n) is 10.5. The minimum atomic E-state index is -0.372. The number of benzene rings is 4. The van der Waals surface area contributed by atoms with E-state index in [-0.39, 0.29) is 27.9 Å². The number of fused-ring (bicyclic) bond motifs is 20. The van der Waals surface area contributed by atoms with Crippen LogP contribution in [0.25, 0.3) is 89.7 Å². The Morgan fingerprint density at radius 3 is 1.40 bits per heavy atom. The first-order chi connectivity index (χ1) is 22.1. The Morgan fingerprint density at radius 1 is 0.511 bits per heavy atom. The molecule has 0 radical (unpaired) electrons. The van der Waals surface area contributed by atoms with Crippen LogP contribution in [0.1, 0.15) is 11.1 Å². The molecule has 2 aliphatic rings. The normalized spacial score (nSPS) is 11.6. The summed E-state index contributed by atoms with van der Waals surface area (Å²) in [5.41, 5.74) is 4.62. The summed E-state index contributed by atoms with van der Waals surface area (Å²) < 4.78 is 0. The quantitative estimate of drug-likeness (QED) is 0.185. The first-order valence-corrected chi connectivity index (χ1v) is 13.9. The van der Waals surface area contributed by atoms with Crippen molar-refractivity contribution in [2.45, 2.75) is 0 Å². The van der Waals surface area contributed by atoms with Crippen molar-refractivity contribution in [3.05, 3.63) is 90.0 Å². The van der Waals surface area contributed by atoms with E-state index >= 15 is 0 Å². The van der Waals surface area contributed by atoms with Gasteiger partial charge >= 0.3 is 0 Å². The highest BCUT2D eigenvalue weighted by Gasteiger charge is 2.24. The lowest BCUT2D eigenvalue weighted by Crippen LogP contribution is -1.87. The number of aromatic amines is 2. The van der Waals surface area contributed by atoms with Crippen LogP contribution in [-0.4, -0.2) is 45.0 Å². The van der Waals surface area contributed by atoms with E-state index in [1.807, 2.05) is 84.9 Å². The van der Waals surface area contributed by atoms with Crippen LogP contribution in [-0.2, 0) is 0 Å². The standard InChI is InChI=1S/C34H16N10O/c35-14-16-13-23-25(26(45)24(16)15-36)34-43-32-22-12-6-5-11-21(22)30(41-32)39-28-18-8-2-1-7-17(18)27(37-28)38-29-19-9-3-4-10-20(19)31(40-29)42-33(23)44-34/h1-13,45H,(H2,37,38,39,40,41,42,43,44). The first-order valence-electron chi connectivity index (χ1n) is 13.9. The lowest BCUT2D eigenvalue weighted by atomic mass is 10.0. The first kappa shape index (κ1) is 24.6. The van der Waals surface area contributed by atoms with Crippen LogP contribution in [0.15, 0.2) is 78.9 Å². The zero-order valence-electron chi connectivity index (χ0n) is 23.0. The summed E-state index contributed by atoms with van der Waals surface area (Å²) in [5, 5.41) is 33.3. The lowest BCUT2D eigenvalue weighted by Gasteiger charge is -2.01. The summed E-state index contributed by atoms with van der Waals surface area (Å²) in [7, 11) is 0. The van der Waals surface area contributed by atoms with Crippen LogP contribution in [0.5, 0.6) is 5.75 Å². The lowest BCUT2D eigenvalue weighted by molar-refractivity contribution is 0.480. The van der Waals surface area contributed by atoms with Crippen molar-refractivity contribution in [3.63, 3.8) is 0 Å². The molecule has 0 unspecified atom stereocenters. The summed E-state index contributed by atoms with van der Waals surface area (Å²) in [4.78, 5) is 35.9. The third-order valence-electron chi connectivity index (χ3n) is 8.05. The van der Waals surface area contributed by atoms with Crippen molar-refractivity contribution >= 4 is 44.1 Å². The third-order valence-corrected chi connectivity index (χ3v) is 8.05. The molecule has 11 nitrogen and oxygen atoms in total. The average molecular weight is 581 g/mol. The van der Waals surface area contributed by atoms with Crippen LogP contribution in [0.4, 0.5) is 0 Å². The van der Waals surface area contributed by atoms with Crippen molar-refractivity contribution in [2.75, 3.05) is 0 Å². The van der Waals surface area contributed by atoms with E-state index in [9.17, 15) is 15.6 Å². The van der Waals surface area contributed by atoms with Gasteiger partial charge in [-0.25, -0.2) is 29.9 Å². The molecule has 0 aliphatic carbocycles. The van der Waals surface area contributed by atoms with E-state index in [1.54, 1.807) is 0 Å². The second kappa shape index (κ2) is 9.01. The molecular formula is C34H16N10O. The Hall–Kier alpha value is -6.98. The van der Waals surface area contributed by atoms with Crippen molar-refractivity contribution < 1.29 is 5.11 Å². The number of rotatable bonds is 0. The van der Waals surface area contributed by atoms with Crippen LogP contribution >= 0.6 is 0 Å². The maximum atomic E-state index is 11.3. The number of aromatic hydroxyl groups is 1. The second-order valence-corrected chi connectivity index (χ2v) is 10.5. The smallest absolute Gasteiger partial charge is 0.164 e. The summed E-state index contributed by atoms with van der Waals surface area (Å²) in [6.45, 7) is 0. The van der Waals surface area contributed by atoms with Gasteiger partial charge in [-0.2, -0.15) is 10.5 Å². The maximum absolute atomic E-state index is 11.3. The molecule has 4 aromatic carbocycles. The van der Waals surface area contributed by atoms with Crippen molar-refractivity contribution in [1.82, 2.24) is 39.9 Å². The Balaban J connectivity index is 1.53. The molecule has 0 atom stereocenters. The number of phenols is 1. The Morgan fingerprint density at radius 2 is 0.933 bits per heavy atom. The number of aromatic nitrogens is 8. The molecule has 0 fully saturated rings. The van der Waals surface area contributed by atoms with Gasteiger partial charge in [-0.3, -0.25) is 0 Å². The number of nitrogens with one attached hydrogen (secondary N) is 2. The summed E-state index contributed by atoms with van der Waals surface area (Å²) in [5.74, 6) is 1.27. The van der Waals surface area contributed by atoms with Gasteiger partial charge in [0.25, 0.3) is 0 Å². The minimum absolute atomic E-state index is 0.0126. The van der Waals surface area contributed by atoms with Gasteiger partial charge in [-0.05, 0) is 6.07 Å². The molecule has 0 spiro atoms.